The average Bonchev–Trinajstić information content (AvgIpc) is 1.58. The lowest BCUT2D eigenvalue weighted by Gasteiger charge is -2.30. The predicted octanol–water partition coefficient (Wildman–Crippen LogP) is 0.479. The molecule has 8 heterocycles. The molecule has 0 aromatic carbocycles. The van der Waals surface area contributed by atoms with Gasteiger partial charge in [0.25, 0.3) is 0 Å². The number of aliphatic hydroxyl groups is 2. The quantitative estimate of drug-likeness (QED) is 0.0213. The van der Waals surface area contributed by atoms with Crippen molar-refractivity contribution in [2.45, 2.75) is 142 Å². The molecule has 1 saturated heterocycles. The summed E-state index contributed by atoms with van der Waals surface area (Å²) in [4.78, 5) is 187. The summed E-state index contributed by atoms with van der Waals surface area (Å²) in [5.74, 6) is -11.3. The molecule has 8 rings (SSSR count). The molecule has 594 valence electrons. The number of carboxylic acid groups (broad SMARTS) is 7. The van der Waals surface area contributed by atoms with Crippen LogP contribution in [0.25, 0.3) is 29.4 Å². The number of carbonyl (C=O) groups is 10. The first-order chi connectivity index (χ1) is 50.8. The number of carboxylic acids is 7. The summed E-state index contributed by atoms with van der Waals surface area (Å²) in [6.07, 6.45) is -8.15. The van der Waals surface area contributed by atoms with Crippen molar-refractivity contribution >= 4 is 129 Å². The number of allylic oxidation sites excluding steroid dienone is 4. The molecule has 4 aromatic heterocycles. The molecule has 0 radical (unpaired) electrons. The molecule has 21 N–H and O–H groups in total. The highest BCUT2D eigenvalue weighted by Gasteiger charge is 2.51. The average molecular weight is 1610 g/mol. The number of aliphatic hydroxyl groups excluding tert-OH is 2. The third-order valence-electron chi connectivity index (χ3n) is 18.2. The van der Waals surface area contributed by atoms with Gasteiger partial charge in [-0.1, -0.05) is 25.6 Å². The smallest absolute Gasteiger partial charge is 0.481 e. The first kappa shape index (κ1) is 85.3. The number of aliphatic carboxylic acids is 7. The van der Waals surface area contributed by atoms with E-state index in [0.29, 0.717) is 0 Å². The van der Waals surface area contributed by atoms with E-state index in [2.05, 4.69) is 55.0 Å². The molecule has 42 nitrogen and oxygen atoms in total. The van der Waals surface area contributed by atoms with Crippen LogP contribution in [-0.2, 0) is 110 Å². The number of anilines is 1. The van der Waals surface area contributed by atoms with E-state index >= 15 is 0 Å². The zero-order valence-electron chi connectivity index (χ0n) is 58.4. The van der Waals surface area contributed by atoms with Gasteiger partial charge in [-0.2, -0.15) is 4.31 Å². The van der Waals surface area contributed by atoms with Crippen molar-refractivity contribution in [1.29, 1.82) is 0 Å². The van der Waals surface area contributed by atoms with Crippen molar-refractivity contribution in [2.75, 3.05) is 37.8 Å². The lowest BCUT2D eigenvalue weighted by Crippen LogP contribution is -2.46. The molecule has 0 aliphatic carbocycles. The number of amides is 2. The summed E-state index contributed by atoms with van der Waals surface area (Å²) in [5.41, 5.74) is 2.14. The van der Waals surface area contributed by atoms with Gasteiger partial charge in [-0.15, -0.1) is 0 Å². The number of hydrogen-bond acceptors (Lipinski definition) is 27. The minimum atomic E-state index is -5.73. The van der Waals surface area contributed by atoms with E-state index in [0.717, 1.165) is 42.8 Å². The van der Waals surface area contributed by atoms with E-state index in [-0.39, 0.29) is 133 Å². The van der Waals surface area contributed by atoms with Gasteiger partial charge in [0.05, 0.1) is 38.8 Å². The van der Waals surface area contributed by atoms with Gasteiger partial charge in [-0.3, -0.25) is 66.1 Å². The van der Waals surface area contributed by atoms with Gasteiger partial charge >= 0.3 is 65.3 Å². The van der Waals surface area contributed by atoms with Crippen molar-refractivity contribution in [1.82, 2.24) is 50.8 Å². The number of imidazole rings is 1. The molecule has 1 fully saturated rings. The number of aromatic amines is 2. The van der Waals surface area contributed by atoms with Gasteiger partial charge < -0.3 is 107 Å². The van der Waals surface area contributed by atoms with Crippen molar-refractivity contribution in [2.24, 2.45) is 16.2 Å². The maximum absolute atomic E-state index is 14.5. The molecule has 46 heteroatoms. The maximum atomic E-state index is 14.5. The highest BCUT2D eigenvalue weighted by molar-refractivity contribution is 8.13. The van der Waals surface area contributed by atoms with Crippen LogP contribution in [0.15, 0.2) is 52.7 Å². The Morgan fingerprint density at radius 2 is 1.21 bits per heavy atom. The van der Waals surface area contributed by atoms with E-state index < -0.39 is 207 Å². The molecule has 4 aromatic rings. The molecule has 8 bridgehead atoms. The second-order valence-electron chi connectivity index (χ2n) is 26.7. The number of nitrogen functional groups attached to an aromatic ring is 1. The third kappa shape index (κ3) is 21.6. The second kappa shape index (κ2) is 34.7. The number of H-pyrrole nitrogens is 2. The van der Waals surface area contributed by atoms with Gasteiger partial charge in [0.2, 0.25) is 11.8 Å². The monoisotopic (exact) mass is 1610 g/mol. The Kier molecular flexibility index (Phi) is 27.2. The minimum Gasteiger partial charge on any atom is -0.481 e. The molecule has 0 spiro atoms. The number of carbonyl (C=O) groups excluding carboxylic acids is 3. The number of nitrogens with two attached hydrogens (primary N) is 1. The molecule has 0 saturated carbocycles. The first-order valence-corrected chi connectivity index (χ1v) is 38.5. The van der Waals surface area contributed by atoms with E-state index in [1.165, 1.54) is 31.2 Å². The number of nitrogens with zero attached hydrogens (tertiary/aromatic N) is 4. The van der Waals surface area contributed by atoms with Crippen LogP contribution in [0, 0.1) is 16.2 Å². The van der Waals surface area contributed by atoms with Crippen LogP contribution in [-0.4, -0.2) is 210 Å². The van der Waals surface area contributed by atoms with Crippen LogP contribution in [0.1, 0.15) is 125 Å². The predicted molar refractivity (Wildman–Crippen MR) is 374 cm³/mol. The van der Waals surface area contributed by atoms with Gasteiger partial charge in [0, 0.05) is 118 Å². The summed E-state index contributed by atoms with van der Waals surface area (Å²) >= 11 is 0.720. The van der Waals surface area contributed by atoms with Crippen molar-refractivity contribution < 1.29 is 150 Å². The topological polar surface area (TPSA) is 680 Å². The van der Waals surface area contributed by atoms with E-state index in [1.54, 1.807) is 6.92 Å². The van der Waals surface area contributed by atoms with Gasteiger partial charge in [-0.05, 0) is 97.2 Å². The Hall–Kier alpha value is -9.29. The van der Waals surface area contributed by atoms with E-state index in [9.17, 15) is 127 Å². The third-order valence-corrected chi connectivity index (χ3v) is 22.2. The zero-order valence-corrected chi connectivity index (χ0v) is 61.9. The Morgan fingerprint density at radius 1 is 0.661 bits per heavy atom. The van der Waals surface area contributed by atoms with Gasteiger partial charge in [-0.25, -0.2) is 28.6 Å². The van der Waals surface area contributed by atoms with Gasteiger partial charge in [0.1, 0.15) is 36.3 Å². The Bertz CT molecular complexity index is 4730. The molecule has 4 aliphatic heterocycles. The number of fused-ring (bicyclic) bond motifs is 9. The fourth-order valence-electron chi connectivity index (χ4n) is 13.0. The number of ether oxygens (including phenoxy) is 1. The molecule has 9 atom stereocenters. The SMILES string of the molecule is CC1(CC(=O)SCCNC(=O)CCNC(=O)C(O)C(C)(C)COP(=O)(O)OP(=O)(O)OCC2OC(n3cnc4c(N)ncnc43)C(O)C2OP(=O)(O)O)C(CCC(=O)O)=C2/C=c3\[nH]c(c(CCC(=O)O)c3CC(=O)O)=Cc3[nH]c(c(CC(=O)O)c3CCC(=O)O)/C=C3/NC(=C(CCC(=O)O)C3(C)CC(=O)O)/C=C/1N2. The standard InChI is InChI=1S/C63H80N11O31P3S/c1-61(2,26-102-108(99,100)105-107(97,98)101-25-41-55(104-106(94,95)96)54(91)60(103-41)74-28-69-53-57(64)67-27-68-58(53)74)56(92)59(93)66-14-13-44(75)65-15-16-109-52(90)24-63(4)33(7-11-47(80)81)39-20-37-31(17-49(84)85)29(5-9-45(76)77)35(70-37)19-36-30(6-10-46(78)79)32(18-50(86)87)38(71-36)21-42-62(3,23-51(88)89)34(8-12-48(82)83)40(73-42)22-43(63)72-39/h19-22,27-28,41,54-56,60,70-73,91-92H,5-18,23-26H2,1-4H3,(H,65,75)(H,66,93)(H,76,77)(H,78,79)(H,80,81)(H,82,83)(H,84,85)(H,86,87)(H,88,89)(H,97,98)(H,99,100)(H2,64,67,68)(H2,94,95,96)/b35-19?,37-20-,42-21+,43-22-. The number of phosphoric ester groups is 3. The first-order valence-electron chi connectivity index (χ1n) is 33.0. The Labute approximate surface area is 620 Å². The van der Waals surface area contributed by atoms with Crippen LogP contribution >= 0.6 is 35.2 Å². The zero-order chi connectivity index (χ0) is 80.6. The number of hydrogen-bond donors (Lipinski definition) is 20. The number of rotatable bonds is 39. The number of phosphoric acid groups is 3. The molecule has 109 heavy (non-hydrogen) atoms. The summed E-state index contributed by atoms with van der Waals surface area (Å²) in [6, 6.07) is 0. The minimum absolute atomic E-state index is 0.0272. The van der Waals surface area contributed by atoms with Gasteiger partial charge in [0.15, 0.2) is 22.8 Å². The van der Waals surface area contributed by atoms with Crippen LogP contribution in [0.3, 0.4) is 0 Å². The lowest BCUT2D eigenvalue weighted by molar-refractivity contribution is -0.139. The normalized spacial score (nSPS) is 22.5. The highest BCUT2D eigenvalue weighted by Crippen LogP contribution is 2.61. The van der Waals surface area contributed by atoms with Crippen molar-refractivity contribution in [3.63, 3.8) is 0 Å². The maximum Gasteiger partial charge on any atom is 0.481 e. The summed E-state index contributed by atoms with van der Waals surface area (Å²) in [6.45, 7) is 2.54. The van der Waals surface area contributed by atoms with Crippen molar-refractivity contribution in [3.8, 4) is 0 Å². The summed E-state index contributed by atoms with van der Waals surface area (Å²) in [5, 5.41) is 104. The molecule has 9 unspecified atom stereocenters. The summed E-state index contributed by atoms with van der Waals surface area (Å²) < 4.78 is 63.2. The van der Waals surface area contributed by atoms with Crippen LogP contribution in [0.2, 0.25) is 0 Å². The molecular weight excluding hydrogens is 1530 g/mol. The van der Waals surface area contributed by atoms with E-state index in [1.807, 2.05) is 0 Å². The Balaban J connectivity index is 0.980. The largest absolute Gasteiger partial charge is 0.481 e. The number of aromatic nitrogens is 6. The fraction of sp³-hybridized carbons (Fsp3) is 0.476. The van der Waals surface area contributed by atoms with Crippen molar-refractivity contribution in [3.05, 3.63) is 97.0 Å². The van der Waals surface area contributed by atoms with E-state index in [4.69, 9.17) is 19.5 Å². The summed E-state index contributed by atoms with van der Waals surface area (Å²) in [7, 11) is -16.8. The highest BCUT2D eigenvalue weighted by atomic mass is 32.2. The number of thioether (sulfide) groups is 1. The molecule has 4 aliphatic rings. The Morgan fingerprint density at radius 3 is 1.81 bits per heavy atom. The number of nitrogens with one attached hydrogen (secondary N) is 6. The molecule has 2 amide bonds. The van der Waals surface area contributed by atoms with Crippen LogP contribution in [0.4, 0.5) is 5.82 Å². The fourth-order valence-corrected chi connectivity index (χ4v) is 16.6. The van der Waals surface area contributed by atoms with Crippen LogP contribution in [0.5, 0.6) is 0 Å². The van der Waals surface area contributed by atoms with Crippen LogP contribution < -0.4 is 37.7 Å². The lowest BCUT2D eigenvalue weighted by atomic mass is 9.74. The molecular formula is C63H80N11O31P3S. The second-order valence-corrected chi connectivity index (χ2v) is 32.1.